The van der Waals surface area contributed by atoms with Gasteiger partial charge in [-0.25, -0.2) is 0 Å². The van der Waals surface area contributed by atoms with Crippen molar-refractivity contribution in [3.8, 4) is 0 Å². The van der Waals surface area contributed by atoms with Crippen LogP contribution in [0.1, 0.15) is 30.9 Å². The van der Waals surface area contributed by atoms with Crippen LogP contribution in [0.4, 0.5) is 0 Å². The minimum absolute atomic E-state index is 0.456. The molecule has 0 saturated carbocycles. The summed E-state index contributed by atoms with van der Waals surface area (Å²) in [6.07, 6.45) is 6.56. The minimum Gasteiger partial charge on any atom is -0.311 e. The van der Waals surface area contributed by atoms with E-state index in [1.807, 2.05) is 12.4 Å². The van der Waals surface area contributed by atoms with Crippen molar-refractivity contribution in [2.24, 2.45) is 0 Å². The van der Waals surface area contributed by atoms with Gasteiger partial charge in [0.1, 0.15) is 0 Å². The van der Waals surface area contributed by atoms with E-state index in [0.29, 0.717) is 4.75 Å². The summed E-state index contributed by atoms with van der Waals surface area (Å²) in [5.41, 5.74) is 2.52. The average Bonchev–Trinajstić information content (AvgIpc) is 2.65. The van der Waals surface area contributed by atoms with Crippen molar-refractivity contribution < 1.29 is 0 Å². The minimum atomic E-state index is 0.456. The van der Waals surface area contributed by atoms with Crippen LogP contribution in [0, 0.1) is 6.92 Å². The third-order valence-electron chi connectivity index (χ3n) is 3.06. The van der Waals surface area contributed by atoms with Crippen LogP contribution in [0.3, 0.4) is 0 Å². The van der Waals surface area contributed by atoms with Gasteiger partial charge in [-0.15, -0.1) is 0 Å². The Morgan fingerprint density at radius 2 is 2.38 bits per heavy atom. The van der Waals surface area contributed by atoms with Crippen molar-refractivity contribution in [3.63, 3.8) is 0 Å². The Kier molecular flexibility index (Phi) is 3.87. The molecule has 0 radical (unpaired) electrons. The molecule has 1 atom stereocenters. The molecule has 0 spiro atoms. The molecule has 88 valence electrons. The molecule has 1 aromatic heterocycles. The lowest BCUT2D eigenvalue weighted by molar-refractivity contribution is 0.536. The van der Waals surface area contributed by atoms with Gasteiger partial charge in [0.05, 0.1) is 0 Å². The van der Waals surface area contributed by atoms with Gasteiger partial charge in [0.25, 0.3) is 0 Å². The molecule has 2 nitrogen and oxygen atoms in total. The number of aryl methyl sites for hydroxylation is 1. The van der Waals surface area contributed by atoms with Crippen molar-refractivity contribution in [1.29, 1.82) is 0 Å². The molecule has 2 heterocycles. The van der Waals surface area contributed by atoms with Crippen LogP contribution in [0.25, 0.3) is 0 Å². The zero-order valence-electron chi connectivity index (χ0n) is 10.1. The van der Waals surface area contributed by atoms with Gasteiger partial charge in [0.15, 0.2) is 0 Å². The van der Waals surface area contributed by atoms with E-state index in [-0.39, 0.29) is 0 Å². The fraction of sp³-hybridized carbons (Fsp3) is 0.615. The number of pyridine rings is 1. The van der Waals surface area contributed by atoms with Gasteiger partial charge >= 0.3 is 0 Å². The first kappa shape index (κ1) is 11.9. The standard InChI is InChI=1S/C13H20N2S/c1-11-6-12(8-14-7-11)9-15-10-13(2)4-3-5-16-13/h6-8,15H,3-5,9-10H2,1-2H3. The third-order valence-corrected chi connectivity index (χ3v) is 4.60. The maximum atomic E-state index is 4.21. The Labute approximate surface area is 102 Å². The van der Waals surface area contributed by atoms with Crippen molar-refractivity contribution in [2.45, 2.75) is 38.0 Å². The van der Waals surface area contributed by atoms with Crippen LogP contribution >= 0.6 is 11.8 Å². The van der Waals surface area contributed by atoms with Crippen molar-refractivity contribution in [1.82, 2.24) is 10.3 Å². The van der Waals surface area contributed by atoms with Gasteiger partial charge in [-0.2, -0.15) is 11.8 Å². The number of aromatic nitrogens is 1. The average molecular weight is 236 g/mol. The highest BCUT2D eigenvalue weighted by atomic mass is 32.2. The predicted molar refractivity (Wildman–Crippen MR) is 70.8 cm³/mol. The first-order chi connectivity index (χ1) is 7.68. The Morgan fingerprint density at radius 1 is 1.50 bits per heavy atom. The van der Waals surface area contributed by atoms with E-state index in [9.17, 15) is 0 Å². The molecule has 0 bridgehead atoms. The number of rotatable bonds is 4. The summed E-state index contributed by atoms with van der Waals surface area (Å²) < 4.78 is 0.456. The summed E-state index contributed by atoms with van der Waals surface area (Å²) in [5, 5.41) is 3.55. The number of hydrogen-bond donors (Lipinski definition) is 1. The van der Waals surface area contributed by atoms with Crippen molar-refractivity contribution in [2.75, 3.05) is 12.3 Å². The Bertz CT molecular complexity index is 346. The summed E-state index contributed by atoms with van der Waals surface area (Å²) >= 11 is 2.10. The predicted octanol–water partition coefficient (Wildman–Crippen LogP) is 2.77. The van der Waals surface area contributed by atoms with E-state index < -0.39 is 0 Å². The second-order valence-corrected chi connectivity index (χ2v) is 6.56. The summed E-state index contributed by atoms with van der Waals surface area (Å²) in [5.74, 6) is 1.32. The van der Waals surface area contributed by atoms with Crippen molar-refractivity contribution in [3.05, 3.63) is 29.6 Å². The van der Waals surface area contributed by atoms with E-state index >= 15 is 0 Å². The van der Waals surface area contributed by atoms with Crippen molar-refractivity contribution >= 4 is 11.8 Å². The Balaban J connectivity index is 1.79. The maximum Gasteiger partial charge on any atom is 0.0313 e. The first-order valence-electron chi connectivity index (χ1n) is 5.93. The van der Waals surface area contributed by atoms with Crippen LogP contribution in [0.2, 0.25) is 0 Å². The van der Waals surface area contributed by atoms with Gasteiger partial charge in [-0.1, -0.05) is 6.07 Å². The second kappa shape index (κ2) is 5.19. The fourth-order valence-electron chi connectivity index (χ4n) is 2.16. The van der Waals surface area contributed by atoms with E-state index in [4.69, 9.17) is 0 Å². The van der Waals surface area contributed by atoms with E-state index in [0.717, 1.165) is 13.1 Å². The number of nitrogens with zero attached hydrogens (tertiary/aromatic N) is 1. The molecule has 0 aliphatic carbocycles. The molecule has 0 amide bonds. The summed E-state index contributed by atoms with van der Waals surface area (Å²) in [6.45, 7) is 6.49. The van der Waals surface area contributed by atoms with Gasteiger partial charge in [-0.3, -0.25) is 4.98 Å². The topological polar surface area (TPSA) is 24.9 Å². The normalized spacial score (nSPS) is 24.9. The quantitative estimate of drug-likeness (QED) is 0.870. The molecule has 1 saturated heterocycles. The fourth-order valence-corrected chi connectivity index (χ4v) is 3.44. The number of thioether (sulfide) groups is 1. The second-order valence-electron chi connectivity index (χ2n) is 4.88. The first-order valence-corrected chi connectivity index (χ1v) is 6.92. The van der Waals surface area contributed by atoms with Crippen LogP contribution < -0.4 is 5.32 Å². The maximum absolute atomic E-state index is 4.21. The van der Waals surface area contributed by atoms with Gasteiger partial charge in [-0.05, 0) is 43.6 Å². The SMILES string of the molecule is Cc1cncc(CNCC2(C)CCCS2)c1. The molecular formula is C13H20N2S. The molecule has 1 aliphatic rings. The van der Waals surface area contributed by atoms with E-state index in [1.54, 1.807) is 0 Å². The summed E-state index contributed by atoms with van der Waals surface area (Å²) in [4.78, 5) is 4.21. The molecule has 1 fully saturated rings. The Morgan fingerprint density at radius 3 is 3.06 bits per heavy atom. The molecule has 1 N–H and O–H groups in total. The monoisotopic (exact) mass is 236 g/mol. The van der Waals surface area contributed by atoms with Gasteiger partial charge < -0.3 is 5.32 Å². The summed E-state index contributed by atoms with van der Waals surface area (Å²) in [7, 11) is 0. The zero-order chi connectivity index (χ0) is 11.4. The van der Waals surface area contributed by atoms with Crippen LogP contribution in [-0.2, 0) is 6.54 Å². The number of nitrogens with one attached hydrogen (secondary N) is 1. The Hall–Kier alpha value is -0.540. The molecule has 3 heteroatoms. The van der Waals surface area contributed by atoms with Crippen LogP contribution in [-0.4, -0.2) is 22.0 Å². The highest BCUT2D eigenvalue weighted by Gasteiger charge is 2.28. The molecule has 16 heavy (non-hydrogen) atoms. The zero-order valence-corrected chi connectivity index (χ0v) is 10.9. The smallest absolute Gasteiger partial charge is 0.0313 e. The van der Waals surface area contributed by atoms with E-state index in [2.05, 4.69) is 42.0 Å². The molecular weight excluding hydrogens is 216 g/mol. The molecule has 1 unspecified atom stereocenters. The highest BCUT2D eigenvalue weighted by Crippen LogP contribution is 2.36. The molecule has 2 rings (SSSR count). The van der Waals surface area contributed by atoms with Crippen LogP contribution in [0.15, 0.2) is 18.5 Å². The molecule has 0 aromatic carbocycles. The van der Waals surface area contributed by atoms with Gasteiger partial charge in [0, 0.05) is 30.2 Å². The third kappa shape index (κ3) is 3.22. The van der Waals surface area contributed by atoms with E-state index in [1.165, 1.54) is 29.7 Å². The summed E-state index contributed by atoms with van der Waals surface area (Å²) in [6, 6.07) is 2.20. The lowest BCUT2D eigenvalue weighted by atomic mass is 10.1. The largest absolute Gasteiger partial charge is 0.311 e. The molecule has 1 aliphatic heterocycles. The van der Waals surface area contributed by atoms with Crippen LogP contribution in [0.5, 0.6) is 0 Å². The lowest BCUT2D eigenvalue weighted by Gasteiger charge is -2.22. The highest BCUT2D eigenvalue weighted by molar-refractivity contribution is 8.00. The molecule has 1 aromatic rings. The number of hydrogen-bond acceptors (Lipinski definition) is 3. The van der Waals surface area contributed by atoms with Gasteiger partial charge in [0.2, 0.25) is 0 Å². The lowest BCUT2D eigenvalue weighted by Crippen LogP contribution is -2.32.